The van der Waals surface area contributed by atoms with Crippen LogP contribution in [0, 0.1) is 5.82 Å². The molecule has 0 radical (unpaired) electrons. The van der Waals surface area contributed by atoms with E-state index in [4.69, 9.17) is 9.26 Å². The Morgan fingerprint density at radius 2 is 2.26 bits per heavy atom. The molecular formula is C14H15FN2O2. The fraction of sp³-hybridized carbons (Fsp3) is 0.357. The van der Waals surface area contributed by atoms with Crippen molar-refractivity contribution in [2.75, 3.05) is 0 Å². The molecule has 1 fully saturated rings. The van der Waals surface area contributed by atoms with Crippen molar-refractivity contribution in [2.24, 2.45) is 0 Å². The summed E-state index contributed by atoms with van der Waals surface area (Å²) in [5.74, 6) is 0.445. The molecule has 1 aliphatic rings. The Labute approximate surface area is 110 Å². The molecule has 5 heteroatoms. The van der Waals surface area contributed by atoms with Gasteiger partial charge in [-0.05, 0) is 30.5 Å². The zero-order chi connectivity index (χ0) is 13.1. The zero-order valence-corrected chi connectivity index (χ0v) is 10.4. The van der Waals surface area contributed by atoms with Gasteiger partial charge >= 0.3 is 0 Å². The van der Waals surface area contributed by atoms with Gasteiger partial charge in [-0.3, -0.25) is 0 Å². The molecule has 1 N–H and O–H groups in total. The summed E-state index contributed by atoms with van der Waals surface area (Å²) in [5, 5.41) is 6.90. The number of rotatable bonds is 6. The Kier molecular flexibility index (Phi) is 3.46. The lowest BCUT2D eigenvalue weighted by atomic mass is 10.2. The van der Waals surface area contributed by atoms with Gasteiger partial charge in [-0.25, -0.2) is 4.39 Å². The average Bonchev–Trinajstić information content (AvgIpc) is 3.10. The number of aromatic nitrogens is 1. The molecule has 1 saturated carbocycles. The maximum atomic E-state index is 13.8. The van der Waals surface area contributed by atoms with E-state index in [1.165, 1.54) is 25.1 Å². The first-order valence-electron chi connectivity index (χ1n) is 6.35. The number of hydrogen-bond acceptors (Lipinski definition) is 4. The third-order valence-corrected chi connectivity index (χ3v) is 3.03. The van der Waals surface area contributed by atoms with E-state index in [1.807, 2.05) is 6.07 Å². The summed E-state index contributed by atoms with van der Waals surface area (Å²) >= 11 is 0. The highest BCUT2D eigenvalue weighted by Gasteiger charge is 2.20. The van der Waals surface area contributed by atoms with Gasteiger partial charge < -0.3 is 14.6 Å². The standard InChI is InChI=1S/C14H15FN2O2/c15-13-7-10(8-16-11-2-3-11)1-4-14(13)18-9-12-5-6-17-19-12/h1,4-7,11,16H,2-3,8-9H2. The van der Waals surface area contributed by atoms with Crippen LogP contribution in [-0.4, -0.2) is 11.2 Å². The quantitative estimate of drug-likeness (QED) is 0.869. The number of hydrogen-bond donors (Lipinski definition) is 1. The highest BCUT2D eigenvalue weighted by Crippen LogP contribution is 2.22. The van der Waals surface area contributed by atoms with Gasteiger partial charge in [0.1, 0.15) is 6.61 Å². The van der Waals surface area contributed by atoms with Gasteiger partial charge in [0.05, 0.1) is 6.20 Å². The molecule has 2 aromatic rings. The van der Waals surface area contributed by atoms with Crippen molar-refractivity contribution in [3.8, 4) is 5.75 Å². The maximum Gasteiger partial charge on any atom is 0.174 e. The van der Waals surface area contributed by atoms with Crippen LogP contribution < -0.4 is 10.1 Å². The Balaban J connectivity index is 1.58. The van der Waals surface area contributed by atoms with Crippen molar-refractivity contribution < 1.29 is 13.7 Å². The van der Waals surface area contributed by atoms with Crippen molar-refractivity contribution >= 4 is 0 Å². The third kappa shape index (κ3) is 3.32. The highest BCUT2D eigenvalue weighted by atomic mass is 19.1. The minimum absolute atomic E-state index is 0.177. The minimum atomic E-state index is -0.352. The molecule has 0 saturated heterocycles. The van der Waals surface area contributed by atoms with Crippen LogP contribution >= 0.6 is 0 Å². The van der Waals surface area contributed by atoms with Gasteiger partial charge in [-0.1, -0.05) is 11.2 Å². The second-order valence-corrected chi connectivity index (χ2v) is 4.69. The van der Waals surface area contributed by atoms with Crippen molar-refractivity contribution in [2.45, 2.75) is 32.0 Å². The summed E-state index contributed by atoms with van der Waals surface area (Å²) in [6, 6.07) is 7.33. The van der Waals surface area contributed by atoms with Gasteiger partial charge in [0.2, 0.25) is 0 Å². The molecule has 3 rings (SSSR count). The lowest BCUT2D eigenvalue weighted by molar-refractivity contribution is 0.240. The molecule has 4 nitrogen and oxygen atoms in total. The van der Waals surface area contributed by atoms with Crippen LogP contribution in [0.3, 0.4) is 0 Å². The Morgan fingerprint density at radius 3 is 2.95 bits per heavy atom. The van der Waals surface area contributed by atoms with Gasteiger partial charge in [-0.15, -0.1) is 0 Å². The zero-order valence-electron chi connectivity index (χ0n) is 10.4. The lowest BCUT2D eigenvalue weighted by Crippen LogP contribution is -2.15. The smallest absolute Gasteiger partial charge is 0.174 e. The number of halogens is 1. The molecule has 19 heavy (non-hydrogen) atoms. The fourth-order valence-corrected chi connectivity index (χ4v) is 1.79. The summed E-state index contributed by atoms with van der Waals surface area (Å²) in [6.07, 6.45) is 3.98. The summed E-state index contributed by atoms with van der Waals surface area (Å²) < 4.78 is 24.0. The van der Waals surface area contributed by atoms with E-state index < -0.39 is 0 Å². The van der Waals surface area contributed by atoms with Crippen molar-refractivity contribution in [1.82, 2.24) is 10.5 Å². The predicted octanol–water partition coefficient (Wildman–Crippen LogP) is 2.64. The molecule has 1 aromatic heterocycles. The first kappa shape index (κ1) is 12.2. The molecular weight excluding hydrogens is 247 g/mol. The van der Waals surface area contributed by atoms with Gasteiger partial charge in [-0.2, -0.15) is 0 Å². The molecule has 1 aromatic carbocycles. The maximum absolute atomic E-state index is 13.8. The van der Waals surface area contributed by atoms with Crippen LogP contribution in [0.15, 0.2) is 35.0 Å². The van der Waals surface area contributed by atoms with Gasteiger partial charge in [0.15, 0.2) is 17.3 Å². The summed E-state index contributed by atoms with van der Waals surface area (Å²) in [4.78, 5) is 0. The summed E-state index contributed by atoms with van der Waals surface area (Å²) in [6.45, 7) is 0.876. The highest BCUT2D eigenvalue weighted by molar-refractivity contribution is 5.29. The number of ether oxygens (including phenoxy) is 1. The third-order valence-electron chi connectivity index (χ3n) is 3.03. The monoisotopic (exact) mass is 262 g/mol. The molecule has 100 valence electrons. The van der Waals surface area contributed by atoms with Crippen LogP contribution in [0.5, 0.6) is 5.75 Å². The van der Waals surface area contributed by atoms with Gasteiger partial charge in [0, 0.05) is 18.7 Å². The molecule has 0 unspecified atom stereocenters. The van der Waals surface area contributed by atoms with Crippen LogP contribution in [0.2, 0.25) is 0 Å². The van der Waals surface area contributed by atoms with E-state index in [9.17, 15) is 4.39 Å². The molecule has 0 atom stereocenters. The largest absolute Gasteiger partial charge is 0.482 e. The topological polar surface area (TPSA) is 47.3 Å². The summed E-state index contributed by atoms with van der Waals surface area (Å²) in [5.41, 5.74) is 0.927. The fourth-order valence-electron chi connectivity index (χ4n) is 1.79. The van der Waals surface area contributed by atoms with Crippen LogP contribution in [-0.2, 0) is 13.2 Å². The molecule has 0 spiro atoms. The number of benzene rings is 1. The average molecular weight is 262 g/mol. The van der Waals surface area contributed by atoms with E-state index in [0.717, 1.165) is 5.56 Å². The summed E-state index contributed by atoms with van der Waals surface area (Å²) in [7, 11) is 0. The van der Waals surface area contributed by atoms with Crippen molar-refractivity contribution in [3.63, 3.8) is 0 Å². The van der Waals surface area contributed by atoms with E-state index in [2.05, 4.69) is 10.5 Å². The lowest BCUT2D eigenvalue weighted by Gasteiger charge is -2.08. The number of nitrogens with zero attached hydrogens (tertiary/aromatic N) is 1. The van der Waals surface area contributed by atoms with Gasteiger partial charge in [0.25, 0.3) is 0 Å². The predicted molar refractivity (Wildman–Crippen MR) is 67.1 cm³/mol. The van der Waals surface area contributed by atoms with E-state index in [1.54, 1.807) is 12.1 Å². The van der Waals surface area contributed by atoms with Crippen molar-refractivity contribution in [1.29, 1.82) is 0 Å². The van der Waals surface area contributed by atoms with Crippen LogP contribution in [0.1, 0.15) is 24.2 Å². The van der Waals surface area contributed by atoms with Crippen LogP contribution in [0.4, 0.5) is 4.39 Å². The second kappa shape index (κ2) is 5.40. The number of nitrogens with one attached hydrogen (secondary N) is 1. The first-order valence-corrected chi connectivity index (χ1v) is 6.35. The first-order chi connectivity index (χ1) is 9.31. The Hall–Kier alpha value is -1.88. The normalized spacial score (nSPS) is 14.6. The minimum Gasteiger partial charge on any atom is -0.482 e. The van der Waals surface area contributed by atoms with E-state index in [0.29, 0.717) is 18.3 Å². The molecule has 0 aliphatic heterocycles. The molecule has 0 amide bonds. The molecule has 1 heterocycles. The van der Waals surface area contributed by atoms with E-state index in [-0.39, 0.29) is 18.2 Å². The molecule has 1 aliphatic carbocycles. The van der Waals surface area contributed by atoms with Crippen molar-refractivity contribution in [3.05, 3.63) is 47.6 Å². The SMILES string of the molecule is Fc1cc(CNC2CC2)ccc1OCc1ccno1. The van der Waals surface area contributed by atoms with E-state index >= 15 is 0 Å². The van der Waals surface area contributed by atoms with Crippen LogP contribution in [0.25, 0.3) is 0 Å². The Bertz CT molecular complexity index is 538. The molecule has 0 bridgehead atoms. The Morgan fingerprint density at radius 1 is 1.37 bits per heavy atom. The second-order valence-electron chi connectivity index (χ2n) is 4.69.